The topological polar surface area (TPSA) is 38.0 Å². The number of nitrogens with one attached hydrogen (secondary N) is 1. The summed E-state index contributed by atoms with van der Waals surface area (Å²) in [6.07, 6.45) is 0. The van der Waals surface area contributed by atoms with Gasteiger partial charge in [-0.05, 0) is 97.9 Å². The summed E-state index contributed by atoms with van der Waals surface area (Å²) in [5, 5.41) is 3.09. The van der Waals surface area contributed by atoms with E-state index in [0.29, 0.717) is 0 Å². The summed E-state index contributed by atoms with van der Waals surface area (Å²) < 4.78 is 2.06. The number of rotatable bonds is 2. The molecule has 0 fully saturated rings. The van der Waals surface area contributed by atoms with E-state index in [2.05, 4.69) is 85.0 Å². The number of nitrogens with two attached hydrogens (primary N) is 1. The molecule has 2 nitrogen and oxygen atoms in total. The second kappa shape index (κ2) is 5.97. The van der Waals surface area contributed by atoms with Crippen LogP contribution in [0.3, 0.4) is 0 Å². The van der Waals surface area contributed by atoms with Gasteiger partial charge in [0, 0.05) is 19.0 Å². The van der Waals surface area contributed by atoms with Crippen LogP contribution in [-0.4, -0.2) is 5.11 Å². The molecule has 0 aliphatic heterocycles. The number of hydrogen-bond donors (Lipinski definition) is 2. The van der Waals surface area contributed by atoms with E-state index < -0.39 is 3.36 Å². The first-order valence-electron chi connectivity index (χ1n) is 3.85. The zero-order chi connectivity index (χ0) is 12.5. The molecule has 0 saturated heterocycles. The van der Waals surface area contributed by atoms with Gasteiger partial charge in [0.2, 0.25) is 0 Å². The Kier molecular flexibility index (Phi) is 5.73. The first kappa shape index (κ1) is 15.4. The lowest BCUT2D eigenvalue weighted by molar-refractivity contribution is 0.850. The maximum atomic E-state index is 5.46. The summed E-state index contributed by atoms with van der Waals surface area (Å²) in [6, 6.07) is 3.84. The van der Waals surface area contributed by atoms with E-state index in [1.165, 1.54) is 0 Å². The number of hydrogen-bond acceptors (Lipinski definition) is 1. The highest BCUT2D eigenvalue weighted by Gasteiger charge is 2.29. The molecule has 0 aliphatic carbocycles. The Morgan fingerprint density at radius 2 is 1.75 bits per heavy atom. The highest BCUT2D eigenvalue weighted by atomic mass is 79.9. The average Bonchev–Trinajstić information content (AvgIpc) is 2.11. The van der Waals surface area contributed by atoms with Crippen molar-refractivity contribution in [1.82, 2.24) is 5.32 Å². The standard InChI is InChI=1S/C8H5Br5N2S/c9-4-2-1-3(5(10)6(4)11)8(12,13)15-7(14)16/h1-2H,(H3,14,15,16). The first-order valence-corrected chi connectivity index (χ1v) is 8.22. The van der Waals surface area contributed by atoms with Crippen LogP contribution in [0.5, 0.6) is 0 Å². The van der Waals surface area contributed by atoms with Gasteiger partial charge in [0.1, 0.15) is 0 Å². The fourth-order valence-corrected chi connectivity index (χ4v) is 4.61. The second-order valence-corrected chi connectivity index (χ2v) is 9.11. The molecule has 0 unspecified atom stereocenters. The Labute approximate surface area is 141 Å². The van der Waals surface area contributed by atoms with Crippen LogP contribution >= 0.6 is 91.9 Å². The lowest BCUT2D eigenvalue weighted by Gasteiger charge is -2.24. The molecule has 0 radical (unpaired) electrons. The molecule has 0 heterocycles. The summed E-state index contributed by atoms with van der Waals surface area (Å²) in [6.45, 7) is 0. The third kappa shape index (κ3) is 3.65. The number of thiocarbonyl (C=S) groups is 1. The van der Waals surface area contributed by atoms with Gasteiger partial charge in [-0.15, -0.1) is 0 Å². The maximum absolute atomic E-state index is 5.46. The Bertz CT molecular complexity index is 435. The second-order valence-electron chi connectivity index (χ2n) is 2.79. The van der Waals surface area contributed by atoms with Crippen molar-refractivity contribution in [1.29, 1.82) is 0 Å². The van der Waals surface area contributed by atoms with E-state index in [-0.39, 0.29) is 5.11 Å². The van der Waals surface area contributed by atoms with Gasteiger partial charge in [-0.2, -0.15) is 0 Å². The fraction of sp³-hybridized carbons (Fsp3) is 0.125. The van der Waals surface area contributed by atoms with Crippen LogP contribution in [0.1, 0.15) is 5.56 Å². The number of alkyl halides is 2. The third-order valence-corrected chi connectivity index (χ3v) is 6.38. The van der Waals surface area contributed by atoms with Crippen molar-refractivity contribution in [2.75, 3.05) is 0 Å². The molecule has 0 atom stereocenters. The van der Waals surface area contributed by atoms with Gasteiger partial charge >= 0.3 is 0 Å². The van der Waals surface area contributed by atoms with Crippen LogP contribution in [0.25, 0.3) is 0 Å². The smallest absolute Gasteiger partial charge is 0.177 e. The van der Waals surface area contributed by atoms with Crippen LogP contribution in [-0.2, 0) is 3.36 Å². The highest BCUT2D eigenvalue weighted by Crippen LogP contribution is 2.43. The summed E-state index contributed by atoms with van der Waals surface area (Å²) in [7, 11) is 0. The van der Waals surface area contributed by atoms with E-state index in [1.54, 1.807) is 0 Å². The van der Waals surface area contributed by atoms with Crippen molar-refractivity contribution >= 4 is 97.0 Å². The molecule has 0 spiro atoms. The van der Waals surface area contributed by atoms with Gasteiger partial charge in [-0.1, -0.05) is 6.07 Å². The normalized spacial score (nSPS) is 11.3. The zero-order valence-electron chi connectivity index (χ0n) is 7.53. The summed E-state index contributed by atoms with van der Waals surface area (Å²) in [5.74, 6) is 0. The molecule has 0 aliphatic rings. The lowest BCUT2D eigenvalue weighted by Crippen LogP contribution is -2.39. The van der Waals surface area contributed by atoms with Gasteiger partial charge in [-0.3, -0.25) is 0 Å². The minimum atomic E-state index is -0.701. The van der Waals surface area contributed by atoms with Gasteiger partial charge in [0.05, 0.1) is 0 Å². The maximum Gasteiger partial charge on any atom is 0.177 e. The van der Waals surface area contributed by atoms with Crippen molar-refractivity contribution in [3.05, 3.63) is 31.1 Å². The average molecular weight is 561 g/mol. The molecule has 1 aromatic rings. The van der Waals surface area contributed by atoms with E-state index in [1.807, 2.05) is 12.1 Å². The van der Waals surface area contributed by atoms with Crippen molar-refractivity contribution in [2.45, 2.75) is 3.36 Å². The molecule has 88 valence electrons. The molecule has 0 saturated carbocycles. The largest absolute Gasteiger partial charge is 0.376 e. The van der Waals surface area contributed by atoms with Crippen LogP contribution in [0, 0.1) is 0 Å². The van der Waals surface area contributed by atoms with Crippen LogP contribution in [0.2, 0.25) is 0 Å². The minimum Gasteiger partial charge on any atom is -0.376 e. The van der Waals surface area contributed by atoms with Crippen molar-refractivity contribution in [2.24, 2.45) is 5.73 Å². The van der Waals surface area contributed by atoms with E-state index in [9.17, 15) is 0 Å². The van der Waals surface area contributed by atoms with Crippen LogP contribution in [0.4, 0.5) is 0 Å². The molecule has 16 heavy (non-hydrogen) atoms. The predicted molar refractivity (Wildman–Crippen MR) is 89.0 cm³/mol. The van der Waals surface area contributed by atoms with E-state index in [4.69, 9.17) is 18.0 Å². The number of benzene rings is 1. The lowest BCUT2D eigenvalue weighted by atomic mass is 10.2. The predicted octanol–water partition coefficient (Wildman–Crippen LogP) is 4.71. The Balaban J connectivity index is 3.23. The van der Waals surface area contributed by atoms with Gasteiger partial charge < -0.3 is 11.1 Å². The Morgan fingerprint density at radius 3 is 2.25 bits per heavy atom. The fourth-order valence-electron chi connectivity index (χ4n) is 0.990. The van der Waals surface area contributed by atoms with Crippen molar-refractivity contribution in [3.8, 4) is 0 Å². The zero-order valence-corrected chi connectivity index (χ0v) is 16.3. The van der Waals surface area contributed by atoms with Gasteiger partial charge in [0.15, 0.2) is 8.47 Å². The van der Waals surface area contributed by atoms with Crippen molar-refractivity contribution in [3.63, 3.8) is 0 Å². The number of halogens is 5. The SMILES string of the molecule is NC(=S)NC(Br)(Br)c1ccc(Br)c(Br)c1Br. The quantitative estimate of drug-likeness (QED) is 0.238. The van der Waals surface area contributed by atoms with Crippen LogP contribution < -0.4 is 11.1 Å². The molecular weight excluding hydrogens is 556 g/mol. The summed E-state index contributed by atoms with van der Waals surface area (Å²) in [5.41, 5.74) is 6.37. The monoisotopic (exact) mass is 556 g/mol. The molecule has 3 N–H and O–H groups in total. The Morgan fingerprint density at radius 1 is 1.19 bits per heavy atom. The van der Waals surface area contributed by atoms with E-state index >= 15 is 0 Å². The minimum absolute atomic E-state index is 0.194. The summed E-state index contributed by atoms with van der Waals surface area (Å²) >= 11 is 22.1. The molecule has 0 aromatic heterocycles. The van der Waals surface area contributed by atoms with Crippen molar-refractivity contribution < 1.29 is 0 Å². The molecule has 0 amide bonds. The molecule has 0 bridgehead atoms. The first-order chi connectivity index (χ1) is 7.25. The van der Waals surface area contributed by atoms with Gasteiger partial charge in [-0.25, -0.2) is 0 Å². The summed E-state index contributed by atoms with van der Waals surface area (Å²) in [4.78, 5) is 0. The van der Waals surface area contributed by atoms with E-state index in [0.717, 1.165) is 19.0 Å². The molecule has 1 aromatic carbocycles. The third-order valence-electron chi connectivity index (χ3n) is 1.65. The van der Waals surface area contributed by atoms with Crippen LogP contribution in [0.15, 0.2) is 25.6 Å². The van der Waals surface area contributed by atoms with Gasteiger partial charge in [0.25, 0.3) is 0 Å². The molecule has 8 heteroatoms. The molecule has 1 rings (SSSR count). The highest BCUT2D eigenvalue weighted by molar-refractivity contribution is 9.24. The Hall–Kier alpha value is 1.31. The molecular formula is C8H5Br5N2S.